The largest absolute Gasteiger partial charge is 0.465 e. The third-order valence-corrected chi connectivity index (χ3v) is 3.75. The molecule has 0 radical (unpaired) electrons. The lowest BCUT2D eigenvalue weighted by Crippen LogP contribution is -2.21. The number of para-hydroxylation sites is 1. The van der Waals surface area contributed by atoms with Crippen molar-refractivity contribution >= 4 is 10.9 Å². The molecule has 1 unspecified atom stereocenters. The van der Waals surface area contributed by atoms with Gasteiger partial charge in [0, 0.05) is 11.6 Å². The maximum absolute atomic E-state index is 5.64. The number of rotatable bonds is 5. The molecular formula is C18H20N2O. The second-order valence-electron chi connectivity index (χ2n) is 5.37. The Kier molecular flexibility index (Phi) is 4.02. The minimum absolute atomic E-state index is 0.224. The summed E-state index contributed by atoms with van der Waals surface area (Å²) in [6.07, 6.45) is 2.81. The van der Waals surface area contributed by atoms with Crippen LogP contribution in [0.1, 0.15) is 30.0 Å². The van der Waals surface area contributed by atoms with E-state index in [1.54, 1.807) is 0 Å². The van der Waals surface area contributed by atoms with Crippen molar-refractivity contribution in [3.63, 3.8) is 0 Å². The van der Waals surface area contributed by atoms with Gasteiger partial charge in [0.2, 0.25) is 0 Å². The average Bonchev–Trinajstić information content (AvgIpc) is 2.94. The minimum atomic E-state index is 0.224. The fourth-order valence-electron chi connectivity index (χ4n) is 2.58. The van der Waals surface area contributed by atoms with Crippen molar-refractivity contribution in [2.45, 2.75) is 26.3 Å². The summed E-state index contributed by atoms with van der Waals surface area (Å²) in [5.74, 6) is 1.94. The summed E-state index contributed by atoms with van der Waals surface area (Å²) in [7, 11) is 0. The van der Waals surface area contributed by atoms with E-state index < -0.39 is 0 Å². The van der Waals surface area contributed by atoms with Crippen molar-refractivity contribution in [1.29, 1.82) is 0 Å². The van der Waals surface area contributed by atoms with Crippen LogP contribution in [0.5, 0.6) is 0 Å². The van der Waals surface area contributed by atoms with Crippen molar-refractivity contribution in [3.8, 4) is 0 Å². The Balaban J connectivity index is 1.64. The standard InChI is InChI=1S/C18H20N2O/c1-13-8-9-17(21-13)14(2)19-12-10-16-6-3-5-15-7-4-11-20-18(15)16/h3-9,11,14,19H,10,12H2,1-2H3. The molecule has 0 amide bonds. The van der Waals surface area contributed by atoms with E-state index >= 15 is 0 Å². The Morgan fingerprint density at radius 2 is 2.00 bits per heavy atom. The van der Waals surface area contributed by atoms with Crippen molar-refractivity contribution in [2.24, 2.45) is 0 Å². The monoisotopic (exact) mass is 280 g/mol. The quantitative estimate of drug-likeness (QED) is 0.766. The van der Waals surface area contributed by atoms with Gasteiger partial charge < -0.3 is 9.73 Å². The molecule has 0 fully saturated rings. The molecule has 0 aliphatic rings. The predicted molar refractivity (Wildman–Crippen MR) is 85.3 cm³/mol. The average molecular weight is 280 g/mol. The van der Waals surface area contributed by atoms with Crippen LogP contribution in [0.3, 0.4) is 0 Å². The molecule has 3 aromatic rings. The molecule has 1 atom stereocenters. The Morgan fingerprint density at radius 1 is 1.14 bits per heavy atom. The maximum atomic E-state index is 5.64. The van der Waals surface area contributed by atoms with E-state index in [0.29, 0.717) is 0 Å². The molecule has 2 aromatic heterocycles. The first-order chi connectivity index (χ1) is 10.2. The molecule has 2 heterocycles. The zero-order valence-corrected chi connectivity index (χ0v) is 12.5. The zero-order valence-electron chi connectivity index (χ0n) is 12.5. The molecule has 1 N–H and O–H groups in total. The van der Waals surface area contributed by atoms with E-state index in [2.05, 4.69) is 41.5 Å². The molecule has 0 aliphatic heterocycles. The lowest BCUT2D eigenvalue weighted by Gasteiger charge is -2.12. The number of hydrogen-bond acceptors (Lipinski definition) is 3. The molecule has 0 aliphatic carbocycles. The number of fused-ring (bicyclic) bond motifs is 1. The number of pyridine rings is 1. The molecule has 0 saturated carbocycles. The summed E-state index contributed by atoms with van der Waals surface area (Å²) in [5.41, 5.74) is 2.38. The van der Waals surface area contributed by atoms with Gasteiger partial charge in [-0.2, -0.15) is 0 Å². The van der Waals surface area contributed by atoms with Gasteiger partial charge in [0.15, 0.2) is 0 Å². The van der Waals surface area contributed by atoms with Crippen LogP contribution in [-0.4, -0.2) is 11.5 Å². The van der Waals surface area contributed by atoms with Crippen LogP contribution in [0.4, 0.5) is 0 Å². The van der Waals surface area contributed by atoms with E-state index in [0.717, 1.165) is 30.0 Å². The number of nitrogens with one attached hydrogen (secondary N) is 1. The second-order valence-corrected chi connectivity index (χ2v) is 5.37. The number of aromatic nitrogens is 1. The summed E-state index contributed by atoms with van der Waals surface area (Å²) in [6, 6.07) is 14.7. The Labute approximate surface area is 125 Å². The number of furan rings is 1. The molecule has 3 rings (SSSR count). The van der Waals surface area contributed by atoms with Gasteiger partial charge in [0.1, 0.15) is 11.5 Å². The third-order valence-electron chi connectivity index (χ3n) is 3.75. The molecule has 21 heavy (non-hydrogen) atoms. The fraction of sp³-hybridized carbons (Fsp3) is 0.278. The lowest BCUT2D eigenvalue weighted by molar-refractivity contribution is 0.418. The van der Waals surface area contributed by atoms with Gasteiger partial charge in [-0.25, -0.2) is 0 Å². The molecule has 1 aromatic carbocycles. The fourth-order valence-corrected chi connectivity index (χ4v) is 2.58. The number of benzene rings is 1. The first kappa shape index (κ1) is 13.8. The van der Waals surface area contributed by atoms with E-state index in [1.165, 1.54) is 10.9 Å². The predicted octanol–water partition coefficient (Wildman–Crippen LogP) is 4.03. The minimum Gasteiger partial charge on any atom is -0.465 e. The van der Waals surface area contributed by atoms with Gasteiger partial charge in [0.05, 0.1) is 11.6 Å². The second kappa shape index (κ2) is 6.10. The zero-order chi connectivity index (χ0) is 14.7. The number of nitrogens with zero attached hydrogens (tertiary/aromatic N) is 1. The molecule has 3 heteroatoms. The van der Waals surface area contributed by atoms with Crippen molar-refractivity contribution in [2.75, 3.05) is 6.54 Å². The third kappa shape index (κ3) is 3.14. The molecule has 0 spiro atoms. The van der Waals surface area contributed by atoms with E-state index in [4.69, 9.17) is 4.42 Å². The Bertz CT molecular complexity index is 727. The Hall–Kier alpha value is -2.13. The van der Waals surface area contributed by atoms with E-state index in [1.807, 2.05) is 31.3 Å². The lowest BCUT2D eigenvalue weighted by atomic mass is 10.1. The number of hydrogen-bond donors (Lipinski definition) is 1. The molecule has 0 saturated heterocycles. The SMILES string of the molecule is Cc1ccc(C(C)NCCc2cccc3cccnc23)o1. The van der Waals surface area contributed by atoms with Crippen LogP contribution < -0.4 is 5.32 Å². The van der Waals surface area contributed by atoms with Gasteiger partial charge in [0.25, 0.3) is 0 Å². The molecule has 108 valence electrons. The Morgan fingerprint density at radius 3 is 2.81 bits per heavy atom. The van der Waals surface area contributed by atoms with Crippen LogP contribution in [0.25, 0.3) is 10.9 Å². The van der Waals surface area contributed by atoms with Crippen LogP contribution in [0.15, 0.2) is 53.1 Å². The first-order valence-corrected chi connectivity index (χ1v) is 7.36. The molecule has 3 nitrogen and oxygen atoms in total. The maximum Gasteiger partial charge on any atom is 0.120 e. The topological polar surface area (TPSA) is 38.1 Å². The van der Waals surface area contributed by atoms with Crippen LogP contribution in [0, 0.1) is 6.92 Å². The van der Waals surface area contributed by atoms with Crippen molar-refractivity contribution in [3.05, 3.63) is 65.7 Å². The van der Waals surface area contributed by atoms with E-state index in [9.17, 15) is 0 Å². The summed E-state index contributed by atoms with van der Waals surface area (Å²) in [6.45, 7) is 4.99. The first-order valence-electron chi connectivity index (χ1n) is 7.36. The van der Waals surface area contributed by atoms with Crippen molar-refractivity contribution < 1.29 is 4.42 Å². The highest BCUT2D eigenvalue weighted by molar-refractivity contribution is 5.81. The van der Waals surface area contributed by atoms with Gasteiger partial charge in [-0.05, 0) is 50.6 Å². The summed E-state index contributed by atoms with van der Waals surface area (Å²) >= 11 is 0. The summed E-state index contributed by atoms with van der Waals surface area (Å²) in [5, 5.41) is 4.70. The molecule has 0 bridgehead atoms. The van der Waals surface area contributed by atoms with Gasteiger partial charge in [-0.1, -0.05) is 24.3 Å². The summed E-state index contributed by atoms with van der Waals surface area (Å²) < 4.78 is 5.64. The van der Waals surface area contributed by atoms with Gasteiger partial charge >= 0.3 is 0 Å². The smallest absolute Gasteiger partial charge is 0.120 e. The van der Waals surface area contributed by atoms with Crippen molar-refractivity contribution in [1.82, 2.24) is 10.3 Å². The normalized spacial score (nSPS) is 12.7. The summed E-state index contributed by atoms with van der Waals surface area (Å²) in [4.78, 5) is 4.49. The van der Waals surface area contributed by atoms with Crippen LogP contribution in [0.2, 0.25) is 0 Å². The highest BCUT2D eigenvalue weighted by Crippen LogP contribution is 2.18. The van der Waals surface area contributed by atoms with Gasteiger partial charge in [-0.3, -0.25) is 4.98 Å². The molecular weight excluding hydrogens is 260 g/mol. The number of aryl methyl sites for hydroxylation is 1. The highest BCUT2D eigenvalue weighted by atomic mass is 16.3. The van der Waals surface area contributed by atoms with Gasteiger partial charge in [-0.15, -0.1) is 0 Å². The highest BCUT2D eigenvalue weighted by Gasteiger charge is 2.09. The van der Waals surface area contributed by atoms with Crippen LogP contribution in [-0.2, 0) is 6.42 Å². The van der Waals surface area contributed by atoms with Crippen LogP contribution >= 0.6 is 0 Å². The van der Waals surface area contributed by atoms with E-state index in [-0.39, 0.29) is 6.04 Å².